The van der Waals surface area contributed by atoms with Crippen LogP contribution in [0.1, 0.15) is 30.1 Å². The largest absolute Gasteiger partial charge is 0.338 e. The standard InChI is InChI=1S/C13H15ClN2O3/c1-9-4-6-15(7-5-9)13(17)11-3-2-10(14)8-12(11)16(18)19/h2-3,8-9H,4-7H2,1H3. The van der Waals surface area contributed by atoms with Gasteiger partial charge in [-0.3, -0.25) is 14.9 Å². The van der Waals surface area contributed by atoms with Gasteiger partial charge < -0.3 is 4.90 Å². The summed E-state index contributed by atoms with van der Waals surface area (Å²) in [5.74, 6) is 0.319. The van der Waals surface area contributed by atoms with Crippen molar-refractivity contribution in [3.8, 4) is 0 Å². The molecule has 0 radical (unpaired) electrons. The number of carbonyl (C=O) groups is 1. The highest BCUT2D eigenvalue weighted by Crippen LogP contribution is 2.26. The second kappa shape index (κ2) is 5.57. The van der Waals surface area contributed by atoms with E-state index in [9.17, 15) is 14.9 Å². The summed E-state index contributed by atoms with van der Waals surface area (Å²) in [7, 11) is 0. The van der Waals surface area contributed by atoms with Gasteiger partial charge in [0.25, 0.3) is 11.6 Å². The van der Waals surface area contributed by atoms with Crippen molar-refractivity contribution in [2.24, 2.45) is 5.92 Å². The predicted molar refractivity (Wildman–Crippen MR) is 72.4 cm³/mol. The number of halogens is 1. The van der Waals surface area contributed by atoms with Crippen LogP contribution in [0.15, 0.2) is 18.2 Å². The Morgan fingerprint density at radius 3 is 2.63 bits per heavy atom. The Labute approximate surface area is 116 Å². The number of nitro groups is 1. The van der Waals surface area contributed by atoms with Crippen LogP contribution in [0.2, 0.25) is 5.02 Å². The highest BCUT2D eigenvalue weighted by molar-refractivity contribution is 6.31. The molecule has 1 fully saturated rings. The van der Waals surface area contributed by atoms with Crippen LogP contribution in [-0.2, 0) is 0 Å². The molecule has 0 aliphatic carbocycles. The number of hydrogen-bond acceptors (Lipinski definition) is 3. The first-order valence-electron chi connectivity index (χ1n) is 6.22. The molecule has 1 heterocycles. The molecule has 0 unspecified atom stereocenters. The van der Waals surface area contributed by atoms with E-state index in [0.717, 1.165) is 12.8 Å². The zero-order chi connectivity index (χ0) is 14.0. The Hall–Kier alpha value is -1.62. The molecule has 5 nitrogen and oxygen atoms in total. The summed E-state index contributed by atoms with van der Waals surface area (Å²) in [5.41, 5.74) is -0.111. The van der Waals surface area contributed by atoms with E-state index in [0.29, 0.717) is 19.0 Å². The summed E-state index contributed by atoms with van der Waals surface area (Å²) < 4.78 is 0. The third-order valence-corrected chi connectivity index (χ3v) is 3.69. The van der Waals surface area contributed by atoms with E-state index in [2.05, 4.69) is 6.92 Å². The number of hydrogen-bond donors (Lipinski definition) is 0. The van der Waals surface area contributed by atoms with Crippen molar-refractivity contribution in [3.05, 3.63) is 38.9 Å². The van der Waals surface area contributed by atoms with Crippen LogP contribution < -0.4 is 0 Å². The van der Waals surface area contributed by atoms with E-state index in [1.165, 1.54) is 18.2 Å². The van der Waals surface area contributed by atoms with Crippen molar-refractivity contribution < 1.29 is 9.72 Å². The molecule has 102 valence electrons. The molecule has 0 spiro atoms. The molecule has 0 atom stereocenters. The number of nitro benzene ring substituents is 1. The van der Waals surface area contributed by atoms with Gasteiger partial charge in [0.2, 0.25) is 0 Å². The molecule has 19 heavy (non-hydrogen) atoms. The molecule has 0 bridgehead atoms. The van der Waals surface area contributed by atoms with Crippen LogP contribution in [-0.4, -0.2) is 28.8 Å². The van der Waals surface area contributed by atoms with Crippen molar-refractivity contribution in [1.29, 1.82) is 0 Å². The average Bonchev–Trinajstić information content (AvgIpc) is 2.38. The van der Waals surface area contributed by atoms with Crippen molar-refractivity contribution in [2.75, 3.05) is 13.1 Å². The van der Waals surface area contributed by atoms with E-state index in [1.54, 1.807) is 4.90 Å². The molecule has 1 aromatic carbocycles. The number of amides is 1. The van der Waals surface area contributed by atoms with Gasteiger partial charge in [-0.25, -0.2) is 0 Å². The van der Waals surface area contributed by atoms with Gasteiger partial charge >= 0.3 is 0 Å². The lowest BCUT2D eigenvalue weighted by Crippen LogP contribution is -2.38. The van der Waals surface area contributed by atoms with Gasteiger partial charge in [0.05, 0.1) is 4.92 Å². The number of carbonyl (C=O) groups excluding carboxylic acids is 1. The number of benzene rings is 1. The van der Waals surface area contributed by atoms with Crippen LogP contribution >= 0.6 is 11.6 Å². The highest BCUT2D eigenvalue weighted by Gasteiger charge is 2.27. The topological polar surface area (TPSA) is 63.5 Å². The molecule has 0 aromatic heterocycles. The van der Waals surface area contributed by atoms with Crippen molar-refractivity contribution in [1.82, 2.24) is 4.90 Å². The lowest BCUT2D eigenvalue weighted by atomic mass is 9.98. The van der Waals surface area contributed by atoms with Crippen molar-refractivity contribution in [2.45, 2.75) is 19.8 Å². The number of piperidine rings is 1. The van der Waals surface area contributed by atoms with Crippen molar-refractivity contribution >= 4 is 23.2 Å². The van der Waals surface area contributed by atoms with Gasteiger partial charge in [-0.15, -0.1) is 0 Å². The normalized spacial score (nSPS) is 16.4. The number of nitrogens with zero attached hydrogens (tertiary/aromatic N) is 2. The third-order valence-electron chi connectivity index (χ3n) is 3.46. The van der Waals surface area contributed by atoms with Gasteiger partial charge in [0.15, 0.2) is 0 Å². The molecule has 1 saturated heterocycles. The minimum Gasteiger partial charge on any atom is -0.338 e. The molecule has 2 rings (SSSR count). The predicted octanol–water partition coefficient (Wildman–Crippen LogP) is 3.12. The summed E-state index contributed by atoms with van der Waals surface area (Å²) in [6.45, 7) is 3.45. The molecule has 1 amide bonds. The summed E-state index contributed by atoms with van der Waals surface area (Å²) >= 11 is 5.74. The second-order valence-corrected chi connectivity index (χ2v) is 5.33. The SMILES string of the molecule is CC1CCN(C(=O)c2ccc(Cl)cc2[N+](=O)[O-])CC1. The fourth-order valence-corrected chi connectivity index (χ4v) is 2.39. The van der Waals surface area contributed by atoms with Gasteiger partial charge in [-0.05, 0) is 30.9 Å². The third kappa shape index (κ3) is 3.04. The van der Waals surface area contributed by atoms with Crippen LogP contribution in [0.3, 0.4) is 0 Å². The minimum atomic E-state index is -0.564. The smallest absolute Gasteiger partial charge is 0.283 e. The number of rotatable bonds is 2. The average molecular weight is 283 g/mol. The first-order valence-corrected chi connectivity index (χ1v) is 6.60. The zero-order valence-corrected chi connectivity index (χ0v) is 11.4. The summed E-state index contributed by atoms with van der Waals surface area (Å²) in [6, 6.07) is 4.16. The molecular formula is C13H15ClN2O3. The van der Waals surface area contributed by atoms with Crippen LogP contribution in [0, 0.1) is 16.0 Å². The van der Waals surface area contributed by atoms with Gasteiger partial charge in [0, 0.05) is 24.2 Å². The van der Waals surface area contributed by atoms with E-state index in [1.807, 2.05) is 0 Å². The molecule has 0 N–H and O–H groups in total. The molecule has 1 aromatic rings. The fraction of sp³-hybridized carbons (Fsp3) is 0.462. The molecule has 1 aliphatic rings. The Bertz CT molecular complexity index is 511. The minimum absolute atomic E-state index is 0.115. The zero-order valence-electron chi connectivity index (χ0n) is 10.6. The quantitative estimate of drug-likeness (QED) is 0.618. The Morgan fingerprint density at radius 1 is 1.42 bits per heavy atom. The van der Waals surface area contributed by atoms with E-state index >= 15 is 0 Å². The van der Waals surface area contributed by atoms with Gasteiger partial charge in [0.1, 0.15) is 5.56 Å². The molecular weight excluding hydrogens is 268 g/mol. The molecule has 6 heteroatoms. The summed E-state index contributed by atoms with van der Waals surface area (Å²) in [5, 5.41) is 11.2. The maximum Gasteiger partial charge on any atom is 0.283 e. The first-order chi connectivity index (χ1) is 8.99. The van der Waals surface area contributed by atoms with Crippen LogP contribution in [0.25, 0.3) is 0 Å². The Morgan fingerprint density at radius 2 is 2.05 bits per heavy atom. The lowest BCUT2D eigenvalue weighted by Gasteiger charge is -2.30. The molecule has 0 saturated carbocycles. The van der Waals surface area contributed by atoms with Gasteiger partial charge in [-0.1, -0.05) is 18.5 Å². The monoisotopic (exact) mass is 282 g/mol. The Kier molecular flexibility index (Phi) is 4.04. The maximum atomic E-state index is 12.3. The van der Waals surface area contributed by atoms with E-state index in [4.69, 9.17) is 11.6 Å². The van der Waals surface area contributed by atoms with Crippen molar-refractivity contribution in [3.63, 3.8) is 0 Å². The number of likely N-dealkylation sites (tertiary alicyclic amines) is 1. The van der Waals surface area contributed by atoms with Crippen LogP contribution in [0.5, 0.6) is 0 Å². The van der Waals surface area contributed by atoms with E-state index < -0.39 is 4.92 Å². The first kappa shape index (κ1) is 13.8. The lowest BCUT2D eigenvalue weighted by molar-refractivity contribution is -0.385. The molecule has 1 aliphatic heterocycles. The summed E-state index contributed by atoms with van der Waals surface area (Å²) in [4.78, 5) is 24.4. The summed E-state index contributed by atoms with van der Waals surface area (Å²) in [6.07, 6.45) is 1.88. The maximum absolute atomic E-state index is 12.3. The van der Waals surface area contributed by atoms with E-state index in [-0.39, 0.29) is 22.2 Å². The van der Waals surface area contributed by atoms with Crippen LogP contribution in [0.4, 0.5) is 5.69 Å². The fourth-order valence-electron chi connectivity index (χ4n) is 2.22. The highest BCUT2D eigenvalue weighted by atomic mass is 35.5. The Balaban J connectivity index is 2.26. The second-order valence-electron chi connectivity index (χ2n) is 4.89. The van der Waals surface area contributed by atoms with Gasteiger partial charge in [-0.2, -0.15) is 0 Å².